The molecular weight excluding hydrogens is 224 g/mol. The molecule has 2 nitrogen and oxygen atoms in total. The molecule has 2 rings (SSSR count). The van der Waals surface area contributed by atoms with Gasteiger partial charge in [-0.1, -0.05) is 50.1 Å². The second-order valence-corrected chi connectivity index (χ2v) is 5.77. The van der Waals surface area contributed by atoms with Crippen molar-refractivity contribution < 1.29 is 9.90 Å². The second kappa shape index (κ2) is 5.55. The van der Waals surface area contributed by atoms with E-state index in [9.17, 15) is 9.90 Å². The van der Waals surface area contributed by atoms with E-state index >= 15 is 0 Å². The number of aryl methyl sites for hydroxylation is 1. The van der Waals surface area contributed by atoms with Crippen LogP contribution in [-0.2, 0) is 11.2 Å². The molecule has 0 spiro atoms. The molecule has 1 saturated carbocycles. The standard InChI is InChI=1S/C16H22O2/c1-13-6-5-10-16(12-13,15(17)18)11-9-14-7-3-2-4-8-14/h2-4,7-8,13H,5-6,9-12H2,1H3,(H,17,18). The van der Waals surface area contributed by atoms with E-state index in [0.29, 0.717) is 5.92 Å². The first-order valence-corrected chi connectivity index (χ1v) is 6.90. The summed E-state index contributed by atoms with van der Waals surface area (Å²) in [5, 5.41) is 9.58. The molecule has 0 saturated heterocycles. The average Bonchev–Trinajstić information content (AvgIpc) is 2.37. The Morgan fingerprint density at radius 1 is 1.39 bits per heavy atom. The minimum atomic E-state index is -0.593. The van der Waals surface area contributed by atoms with E-state index in [1.54, 1.807) is 0 Å². The Labute approximate surface area is 109 Å². The van der Waals surface area contributed by atoms with Crippen molar-refractivity contribution in [2.75, 3.05) is 0 Å². The molecule has 0 aliphatic heterocycles. The zero-order valence-electron chi connectivity index (χ0n) is 11.1. The Bertz CT molecular complexity index is 399. The molecule has 18 heavy (non-hydrogen) atoms. The van der Waals surface area contributed by atoms with Gasteiger partial charge in [-0.15, -0.1) is 0 Å². The van der Waals surface area contributed by atoms with Crippen LogP contribution in [0.15, 0.2) is 30.3 Å². The third kappa shape index (κ3) is 2.92. The minimum absolute atomic E-state index is 0.479. The van der Waals surface area contributed by atoms with Gasteiger partial charge < -0.3 is 5.11 Å². The highest BCUT2D eigenvalue weighted by atomic mass is 16.4. The fraction of sp³-hybridized carbons (Fsp3) is 0.562. The van der Waals surface area contributed by atoms with Crippen LogP contribution in [0.5, 0.6) is 0 Å². The van der Waals surface area contributed by atoms with Gasteiger partial charge >= 0.3 is 5.97 Å². The van der Waals surface area contributed by atoms with E-state index in [4.69, 9.17) is 0 Å². The first-order valence-electron chi connectivity index (χ1n) is 6.90. The maximum atomic E-state index is 11.6. The lowest BCUT2D eigenvalue weighted by atomic mass is 9.67. The van der Waals surface area contributed by atoms with Gasteiger partial charge in [-0.3, -0.25) is 4.79 Å². The summed E-state index contributed by atoms with van der Waals surface area (Å²) < 4.78 is 0. The lowest BCUT2D eigenvalue weighted by molar-refractivity contribution is -0.152. The van der Waals surface area contributed by atoms with Crippen LogP contribution < -0.4 is 0 Å². The second-order valence-electron chi connectivity index (χ2n) is 5.77. The quantitative estimate of drug-likeness (QED) is 0.874. The summed E-state index contributed by atoms with van der Waals surface area (Å²) in [5.74, 6) is -0.0457. The van der Waals surface area contributed by atoms with Crippen LogP contribution in [0.2, 0.25) is 0 Å². The first kappa shape index (κ1) is 13.1. The Hall–Kier alpha value is -1.31. The van der Waals surface area contributed by atoms with E-state index in [1.807, 2.05) is 18.2 Å². The van der Waals surface area contributed by atoms with Crippen molar-refractivity contribution in [3.05, 3.63) is 35.9 Å². The topological polar surface area (TPSA) is 37.3 Å². The van der Waals surface area contributed by atoms with E-state index in [0.717, 1.165) is 32.1 Å². The molecule has 0 aromatic heterocycles. The van der Waals surface area contributed by atoms with Gasteiger partial charge in [-0.2, -0.15) is 0 Å². The highest BCUT2D eigenvalue weighted by Gasteiger charge is 2.41. The fourth-order valence-electron chi connectivity index (χ4n) is 3.22. The zero-order valence-corrected chi connectivity index (χ0v) is 11.1. The number of hydrogen-bond acceptors (Lipinski definition) is 1. The number of carbonyl (C=O) groups is 1. The van der Waals surface area contributed by atoms with Gasteiger partial charge in [0.25, 0.3) is 0 Å². The predicted molar refractivity (Wildman–Crippen MR) is 72.5 cm³/mol. The van der Waals surface area contributed by atoms with Gasteiger partial charge in [0.15, 0.2) is 0 Å². The molecule has 2 atom stereocenters. The third-order valence-electron chi connectivity index (χ3n) is 4.28. The first-order chi connectivity index (χ1) is 8.62. The number of carboxylic acids is 1. The molecule has 2 unspecified atom stereocenters. The summed E-state index contributed by atoms with van der Waals surface area (Å²) in [6.45, 7) is 2.18. The summed E-state index contributed by atoms with van der Waals surface area (Å²) >= 11 is 0. The van der Waals surface area contributed by atoms with Crippen molar-refractivity contribution in [3.8, 4) is 0 Å². The molecule has 98 valence electrons. The van der Waals surface area contributed by atoms with Crippen LogP contribution >= 0.6 is 0 Å². The molecule has 2 heteroatoms. The van der Waals surface area contributed by atoms with Crippen molar-refractivity contribution in [1.82, 2.24) is 0 Å². The molecule has 1 aromatic rings. The van der Waals surface area contributed by atoms with E-state index in [1.165, 1.54) is 12.0 Å². The van der Waals surface area contributed by atoms with Crippen LogP contribution in [0.1, 0.15) is 44.6 Å². The Kier molecular flexibility index (Phi) is 4.05. The summed E-state index contributed by atoms with van der Waals surface area (Å²) in [7, 11) is 0. The molecule has 0 heterocycles. The molecule has 0 bridgehead atoms. The Balaban J connectivity index is 2.05. The number of hydrogen-bond donors (Lipinski definition) is 1. The van der Waals surface area contributed by atoms with Crippen LogP contribution in [-0.4, -0.2) is 11.1 Å². The van der Waals surface area contributed by atoms with Crippen molar-refractivity contribution in [2.45, 2.75) is 45.4 Å². The van der Waals surface area contributed by atoms with Crippen molar-refractivity contribution >= 4 is 5.97 Å². The van der Waals surface area contributed by atoms with Crippen molar-refractivity contribution in [3.63, 3.8) is 0 Å². The van der Waals surface area contributed by atoms with Gasteiger partial charge in [0.1, 0.15) is 0 Å². The molecular formula is C16H22O2. The maximum absolute atomic E-state index is 11.6. The summed E-state index contributed by atoms with van der Waals surface area (Å²) in [6.07, 6.45) is 5.58. The zero-order chi connectivity index (χ0) is 13.0. The van der Waals surface area contributed by atoms with E-state index < -0.39 is 11.4 Å². The van der Waals surface area contributed by atoms with Gasteiger partial charge in [0, 0.05) is 0 Å². The van der Waals surface area contributed by atoms with Crippen LogP contribution in [0.4, 0.5) is 0 Å². The highest BCUT2D eigenvalue weighted by Crippen LogP contribution is 2.43. The van der Waals surface area contributed by atoms with Gasteiger partial charge in [0.2, 0.25) is 0 Å². The number of carboxylic acid groups (broad SMARTS) is 1. The molecule has 1 aliphatic carbocycles. The van der Waals surface area contributed by atoms with Crippen molar-refractivity contribution in [1.29, 1.82) is 0 Å². The monoisotopic (exact) mass is 246 g/mol. The highest BCUT2D eigenvalue weighted by molar-refractivity contribution is 5.74. The average molecular weight is 246 g/mol. The smallest absolute Gasteiger partial charge is 0.309 e. The number of rotatable bonds is 4. The minimum Gasteiger partial charge on any atom is -0.481 e. The molecule has 1 aliphatic rings. The fourth-order valence-corrected chi connectivity index (χ4v) is 3.22. The molecule has 0 radical (unpaired) electrons. The summed E-state index contributed by atoms with van der Waals surface area (Å²) in [5.41, 5.74) is 0.768. The SMILES string of the molecule is CC1CCCC(CCc2ccccc2)(C(=O)O)C1. The summed E-state index contributed by atoms with van der Waals surface area (Å²) in [4.78, 5) is 11.6. The lowest BCUT2D eigenvalue weighted by Gasteiger charge is -2.36. The molecule has 0 amide bonds. The third-order valence-corrected chi connectivity index (χ3v) is 4.28. The maximum Gasteiger partial charge on any atom is 0.309 e. The van der Waals surface area contributed by atoms with E-state index in [2.05, 4.69) is 19.1 Å². The van der Waals surface area contributed by atoms with Crippen molar-refractivity contribution in [2.24, 2.45) is 11.3 Å². The molecule has 1 aromatic carbocycles. The van der Waals surface area contributed by atoms with Gasteiger partial charge in [-0.25, -0.2) is 0 Å². The van der Waals surface area contributed by atoms with Gasteiger partial charge in [-0.05, 0) is 37.2 Å². The Morgan fingerprint density at radius 2 is 2.11 bits per heavy atom. The molecule has 1 N–H and O–H groups in total. The predicted octanol–water partition coefficient (Wildman–Crippen LogP) is 3.90. The molecule has 1 fully saturated rings. The summed E-state index contributed by atoms with van der Waals surface area (Å²) in [6, 6.07) is 10.2. The number of aliphatic carboxylic acids is 1. The number of benzene rings is 1. The van der Waals surface area contributed by atoms with Gasteiger partial charge in [0.05, 0.1) is 5.41 Å². The lowest BCUT2D eigenvalue weighted by Crippen LogP contribution is -2.36. The largest absolute Gasteiger partial charge is 0.481 e. The van der Waals surface area contributed by atoms with Crippen LogP contribution in [0, 0.1) is 11.3 Å². The van der Waals surface area contributed by atoms with E-state index in [-0.39, 0.29) is 0 Å². The Morgan fingerprint density at radius 3 is 2.72 bits per heavy atom. The van der Waals surface area contributed by atoms with Crippen LogP contribution in [0.3, 0.4) is 0 Å². The van der Waals surface area contributed by atoms with Crippen LogP contribution in [0.25, 0.3) is 0 Å². The normalized spacial score (nSPS) is 27.9.